The maximum absolute atomic E-state index is 10.9. The van der Waals surface area contributed by atoms with Crippen LogP contribution in [0.25, 0.3) is 11.0 Å². The molecule has 0 saturated heterocycles. The van der Waals surface area contributed by atoms with Crippen LogP contribution in [0.15, 0.2) is 28.7 Å². The number of halogens is 1. The summed E-state index contributed by atoms with van der Waals surface area (Å²) >= 11 is 5.83. The van der Waals surface area contributed by atoms with Crippen molar-refractivity contribution in [2.24, 2.45) is 0 Å². The third kappa shape index (κ3) is 2.76. The van der Waals surface area contributed by atoms with Gasteiger partial charge in [-0.2, -0.15) is 0 Å². The van der Waals surface area contributed by atoms with Gasteiger partial charge in [0.15, 0.2) is 0 Å². The van der Waals surface area contributed by atoms with Gasteiger partial charge in [0.25, 0.3) is 0 Å². The third-order valence-electron chi connectivity index (χ3n) is 2.09. The fourth-order valence-electron chi connectivity index (χ4n) is 1.40. The molecular formula is C11H8ClNO4. The van der Waals surface area contributed by atoms with E-state index in [2.05, 4.69) is 10.1 Å². The Balaban J connectivity index is 2.09. The molecule has 0 spiro atoms. The maximum atomic E-state index is 10.9. The Morgan fingerprint density at radius 3 is 3.06 bits per heavy atom. The fourth-order valence-corrected chi connectivity index (χ4v) is 1.58. The summed E-state index contributed by atoms with van der Waals surface area (Å²) in [6.07, 6.45) is -0.821. The molecule has 6 heteroatoms. The Labute approximate surface area is 101 Å². The number of fused-ring (bicyclic) bond motifs is 1. The quantitative estimate of drug-likeness (QED) is 0.674. The number of ether oxygens (including phenoxy) is 1. The van der Waals surface area contributed by atoms with Gasteiger partial charge in [-0.3, -0.25) is 4.79 Å². The van der Waals surface area contributed by atoms with Crippen LogP contribution in [0.1, 0.15) is 5.76 Å². The third-order valence-corrected chi connectivity index (χ3v) is 2.33. The lowest BCUT2D eigenvalue weighted by Crippen LogP contribution is -2.22. The molecule has 5 nitrogen and oxygen atoms in total. The van der Waals surface area contributed by atoms with E-state index in [1.807, 2.05) is 0 Å². The maximum Gasteiger partial charge on any atom is 0.415 e. The van der Waals surface area contributed by atoms with Crippen molar-refractivity contribution in [3.63, 3.8) is 0 Å². The molecule has 1 aromatic carbocycles. The fraction of sp³-hybridized carbons (Fsp3) is 0.0909. The van der Waals surface area contributed by atoms with Crippen LogP contribution >= 0.6 is 11.6 Å². The number of hydrogen-bond donors (Lipinski definition) is 1. The molecule has 0 aliphatic carbocycles. The first-order chi connectivity index (χ1) is 8.19. The van der Waals surface area contributed by atoms with E-state index in [0.717, 1.165) is 5.39 Å². The molecule has 1 aromatic heterocycles. The number of amides is 1. The SMILES string of the molecule is O=COC(=O)NCc1cc2cc(Cl)ccc2o1. The van der Waals surface area contributed by atoms with Crippen molar-refractivity contribution in [1.82, 2.24) is 5.32 Å². The van der Waals surface area contributed by atoms with E-state index in [0.29, 0.717) is 16.4 Å². The van der Waals surface area contributed by atoms with Gasteiger partial charge in [0, 0.05) is 10.4 Å². The second-order valence-electron chi connectivity index (χ2n) is 3.25. The molecule has 1 N–H and O–H groups in total. The molecule has 1 heterocycles. The van der Waals surface area contributed by atoms with Crippen LogP contribution in [0, 0.1) is 0 Å². The average molecular weight is 254 g/mol. The summed E-state index contributed by atoms with van der Waals surface area (Å²) < 4.78 is 9.50. The summed E-state index contributed by atoms with van der Waals surface area (Å²) in [4.78, 5) is 20.7. The zero-order valence-electron chi connectivity index (χ0n) is 8.60. The summed E-state index contributed by atoms with van der Waals surface area (Å²) in [5.74, 6) is 0.546. The lowest BCUT2D eigenvalue weighted by molar-refractivity contribution is -0.123. The minimum atomic E-state index is -0.821. The molecule has 1 amide bonds. The largest absolute Gasteiger partial charge is 0.459 e. The van der Waals surface area contributed by atoms with Crippen molar-refractivity contribution in [3.05, 3.63) is 35.0 Å². The second-order valence-corrected chi connectivity index (χ2v) is 3.69. The normalized spacial score (nSPS) is 10.2. The Hall–Kier alpha value is -2.01. The molecule has 0 saturated carbocycles. The van der Waals surface area contributed by atoms with Crippen LogP contribution in [0.2, 0.25) is 5.02 Å². The molecule has 0 radical (unpaired) electrons. The van der Waals surface area contributed by atoms with E-state index < -0.39 is 6.09 Å². The van der Waals surface area contributed by atoms with Crippen molar-refractivity contribution >= 4 is 35.1 Å². The van der Waals surface area contributed by atoms with Crippen molar-refractivity contribution in [2.45, 2.75) is 6.54 Å². The highest BCUT2D eigenvalue weighted by molar-refractivity contribution is 6.31. The van der Waals surface area contributed by atoms with Crippen LogP contribution in [-0.4, -0.2) is 12.6 Å². The Kier molecular flexibility index (Phi) is 3.30. The highest BCUT2D eigenvalue weighted by Gasteiger charge is 2.06. The standard InChI is InChI=1S/C11H8ClNO4/c12-8-1-2-10-7(3-8)4-9(17-10)5-13-11(15)16-6-14/h1-4,6H,5H2,(H,13,15). The number of rotatable bonds is 3. The topological polar surface area (TPSA) is 68.5 Å². The van der Waals surface area contributed by atoms with Gasteiger partial charge < -0.3 is 14.5 Å². The number of furan rings is 1. The van der Waals surface area contributed by atoms with E-state index in [1.165, 1.54) is 0 Å². The first kappa shape index (κ1) is 11.5. The molecule has 17 heavy (non-hydrogen) atoms. The first-order valence-corrected chi connectivity index (χ1v) is 5.13. The number of alkyl carbamates (subject to hydrolysis) is 1. The van der Waals surface area contributed by atoms with Crippen molar-refractivity contribution < 1.29 is 18.7 Å². The van der Waals surface area contributed by atoms with Crippen LogP contribution in [0.5, 0.6) is 0 Å². The molecule has 0 atom stereocenters. The second kappa shape index (κ2) is 4.88. The lowest BCUT2D eigenvalue weighted by atomic mass is 10.2. The number of carbonyl (C=O) groups excluding carboxylic acids is 2. The van der Waals surface area contributed by atoms with Gasteiger partial charge in [0.05, 0.1) is 6.54 Å². The number of nitrogens with one attached hydrogen (secondary N) is 1. The van der Waals surface area contributed by atoms with E-state index in [9.17, 15) is 9.59 Å². The zero-order valence-corrected chi connectivity index (χ0v) is 9.36. The van der Waals surface area contributed by atoms with Gasteiger partial charge in [0.1, 0.15) is 11.3 Å². The summed E-state index contributed by atoms with van der Waals surface area (Å²) in [6.45, 7) is 0.201. The van der Waals surface area contributed by atoms with E-state index in [4.69, 9.17) is 16.0 Å². The van der Waals surface area contributed by atoms with Gasteiger partial charge >= 0.3 is 12.6 Å². The number of benzene rings is 1. The van der Waals surface area contributed by atoms with Gasteiger partial charge in [-0.15, -0.1) is 0 Å². The van der Waals surface area contributed by atoms with Crippen LogP contribution < -0.4 is 5.32 Å². The molecule has 0 aliphatic rings. The van der Waals surface area contributed by atoms with Gasteiger partial charge in [-0.05, 0) is 24.3 Å². The van der Waals surface area contributed by atoms with E-state index in [-0.39, 0.29) is 13.0 Å². The zero-order chi connectivity index (χ0) is 12.3. The predicted molar refractivity (Wildman–Crippen MR) is 60.6 cm³/mol. The molecule has 88 valence electrons. The van der Waals surface area contributed by atoms with E-state index in [1.54, 1.807) is 24.3 Å². The van der Waals surface area contributed by atoms with Crippen molar-refractivity contribution in [3.8, 4) is 0 Å². The molecule has 2 rings (SSSR count). The minimum absolute atomic E-state index is 0.0632. The van der Waals surface area contributed by atoms with Crippen LogP contribution in [0.4, 0.5) is 4.79 Å². The Morgan fingerprint density at radius 1 is 1.47 bits per heavy atom. The van der Waals surface area contributed by atoms with Crippen molar-refractivity contribution in [2.75, 3.05) is 0 Å². The van der Waals surface area contributed by atoms with Gasteiger partial charge in [0.2, 0.25) is 0 Å². The molecule has 0 bridgehead atoms. The summed E-state index contributed by atoms with van der Waals surface area (Å²) in [6, 6.07) is 6.96. The molecule has 0 unspecified atom stereocenters. The first-order valence-electron chi connectivity index (χ1n) is 4.75. The lowest BCUT2D eigenvalue weighted by Gasteiger charge is -1.98. The molecule has 0 fully saturated rings. The highest BCUT2D eigenvalue weighted by Crippen LogP contribution is 2.22. The smallest absolute Gasteiger partial charge is 0.415 e. The summed E-state index contributed by atoms with van der Waals surface area (Å²) in [5.41, 5.74) is 0.676. The van der Waals surface area contributed by atoms with Crippen LogP contribution in [0.3, 0.4) is 0 Å². The monoisotopic (exact) mass is 253 g/mol. The molecule has 0 aliphatic heterocycles. The highest BCUT2D eigenvalue weighted by atomic mass is 35.5. The Morgan fingerprint density at radius 2 is 2.29 bits per heavy atom. The van der Waals surface area contributed by atoms with Gasteiger partial charge in [-0.1, -0.05) is 11.6 Å². The molecular weight excluding hydrogens is 246 g/mol. The minimum Gasteiger partial charge on any atom is -0.459 e. The average Bonchev–Trinajstić information content (AvgIpc) is 2.68. The number of hydrogen-bond acceptors (Lipinski definition) is 4. The number of carbonyl (C=O) groups is 2. The van der Waals surface area contributed by atoms with E-state index >= 15 is 0 Å². The summed E-state index contributed by atoms with van der Waals surface area (Å²) in [7, 11) is 0. The van der Waals surface area contributed by atoms with Crippen molar-refractivity contribution in [1.29, 1.82) is 0 Å². The Bertz CT molecular complexity index is 564. The van der Waals surface area contributed by atoms with Gasteiger partial charge in [-0.25, -0.2) is 4.79 Å². The molecule has 2 aromatic rings. The summed E-state index contributed by atoms with van der Waals surface area (Å²) in [5, 5.41) is 3.81. The van der Waals surface area contributed by atoms with Crippen LogP contribution in [-0.2, 0) is 16.1 Å². The predicted octanol–water partition coefficient (Wildman–Crippen LogP) is 2.47.